The summed E-state index contributed by atoms with van der Waals surface area (Å²) in [5.41, 5.74) is 4.98. The zero-order chi connectivity index (χ0) is 29.1. The third-order valence-electron chi connectivity index (χ3n) is 5.80. The number of nitrogens with one attached hydrogen (secondary N) is 1. The van der Waals surface area contributed by atoms with Gasteiger partial charge in [0, 0.05) is 16.8 Å². The Bertz CT molecular complexity index is 1620. The predicted molar refractivity (Wildman–Crippen MR) is 143 cm³/mol. The molecule has 0 fully saturated rings. The molecule has 0 spiro atoms. The highest BCUT2D eigenvalue weighted by atomic mass is 19.4. The molecule has 3 aromatic carbocycles. The van der Waals surface area contributed by atoms with Crippen molar-refractivity contribution in [1.29, 1.82) is 5.26 Å². The molecule has 0 radical (unpaired) electrons. The van der Waals surface area contributed by atoms with Crippen LogP contribution >= 0.6 is 0 Å². The number of halogens is 3. The zero-order valence-corrected chi connectivity index (χ0v) is 21.0. The minimum absolute atomic E-state index is 0.00734. The van der Waals surface area contributed by atoms with E-state index >= 15 is 0 Å². The first-order valence-corrected chi connectivity index (χ1v) is 11.8. The number of alkyl halides is 3. The van der Waals surface area contributed by atoms with Crippen molar-refractivity contribution in [3.63, 3.8) is 0 Å². The number of carbonyl (C=O) groups excluding carboxylic acids is 2. The number of amides is 1. The van der Waals surface area contributed by atoms with Gasteiger partial charge in [0.25, 0.3) is 0 Å². The molecule has 1 amide bonds. The topological polar surface area (TPSA) is 132 Å². The van der Waals surface area contributed by atoms with Gasteiger partial charge in [0.1, 0.15) is 23.0 Å². The molecule has 0 bridgehead atoms. The first-order chi connectivity index (χ1) is 18.9. The Morgan fingerprint density at radius 1 is 1.02 bits per heavy atom. The fourth-order valence-corrected chi connectivity index (χ4v) is 4.00. The van der Waals surface area contributed by atoms with E-state index in [1.807, 2.05) is 6.07 Å². The first kappa shape index (κ1) is 27.8. The van der Waals surface area contributed by atoms with Crippen LogP contribution in [-0.2, 0) is 9.59 Å². The van der Waals surface area contributed by atoms with Crippen LogP contribution in [0.3, 0.4) is 0 Å². The number of aromatic hydroxyl groups is 1. The maximum Gasteiger partial charge on any atom is 0.472 e. The number of aldehydes is 1. The monoisotopic (exact) mass is 545 g/mol. The molecule has 1 aromatic heterocycles. The van der Waals surface area contributed by atoms with Gasteiger partial charge >= 0.3 is 12.1 Å². The van der Waals surface area contributed by atoms with Gasteiger partial charge in [-0.15, -0.1) is 0 Å². The Kier molecular flexibility index (Phi) is 7.56. The van der Waals surface area contributed by atoms with Crippen molar-refractivity contribution in [2.24, 2.45) is 5.73 Å². The molecule has 4 rings (SSSR count). The molecule has 4 N–H and O–H groups in total. The Balaban J connectivity index is 2.06. The van der Waals surface area contributed by atoms with E-state index in [1.54, 1.807) is 42.5 Å². The smallest absolute Gasteiger partial charge is 0.472 e. The standard InChI is InChI=1S/C29H22F3N5O3/c1-28(34,17-38)36-19-9-7-8-18(14-19)22-15-24(21-12-5-6-13-25(21)39)35-26(23(22)16-33)37(27(40)29(30,31)32)20-10-3-2-4-11-20/h2-15,17,36,39H,34H2,1H3/t28-/m0/s1. The summed E-state index contributed by atoms with van der Waals surface area (Å²) in [7, 11) is 0. The van der Waals surface area contributed by atoms with Gasteiger partial charge < -0.3 is 16.2 Å². The van der Waals surface area contributed by atoms with Gasteiger partial charge in [-0.2, -0.15) is 18.4 Å². The Morgan fingerprint density at radius 3 is 2.33 bits per heavy atom. The SMILES string of the molecule is C[C@@](N)(C=O)Nc1cccc(-c2cc(-c3ccccc3O)nc(N(C(=O)C(F)(F)F)c3ccccc3)c2C#N)c1. The third kappa shape index (κ3) is 5.77. The Hall–Kier alpha value is -5.21. The van der Waals surface area contributed by atoms with Gasteiger partial charge in [0.05, 0.1) is 11.4 Å². The zero-order valence-electron chi connectivity index (χ0n) is 21.0. The van der Waals surface area contributed by atoms with Crippen LogP contribution in [-0.4, -0.2) is 34.1 Å². The number of hydrogen-bond donors (Lipinski definition) is 3. The van der Waals surface area contributed by atoms with Crippen LogP contribution in [0.1, 0.15) is 12.5 Å². The van der Waals surface area contributed by atoms with Crippen LogP contribution in [0.25, 0.3) is 22.4 Å². The van der Waals surface area contributed by atoms with E-state index in [-0.39, 0.29) is 33.8 Å². The number of nitrogens with zero attached hydrogens (tertiary/aromatic N) is 3. The number of para-hydroxylation sites is 2. The number of nitrogens with two attached hydrogens (primary N) is 1. The van der Waals surface area contributed by atoms with Gasteiger partial charge in [-0.1, -0.05) is 42.5 Å². The largest absolute Gasteiger partial charge is 0.507 e. The van der Waals surface area contributed by atoms with Crippen molar-refractivity contribution in [1.82, 2.24) is 4.98 Å². The molecule has 0 aliphatic carbocycles. The van der Waals surface area contributed by atoms with Gasteiger partial charge in [-0.25, -0.2) is 4.98 Å². The molecule has 1 heterocycles. The van der Waals surface area contributed by atoms with Crippen LogP contribution in [0.2, 0.25) is 0 Å². The number of nitriles is 1. The van der Waals surface area contributed by atoms with Crippen LogP contribution < -0.4 is 16.0 Å². The predicted octanol–water partition coefficient (Wildman–Crippen LogP) is 5.51. The normalized spacial score (nSPS) is 12.6. The maximum atomic E-state index is 13.9. The summed E-state index contributed by atoms with van der Waals surface area (Å²) >= 11 is 0. The summed E-state index contributed by atoms with van der Waals surface area (Å²) in [5.74, 6) is -3.06. The minimum Gasteiger partial charge on any atom is -0.507 e. The van der Waals surface area contributed by atoms with E-state index in [0.29, 0.717) is 22.4 Å². The number of carbonyl (C=O) groups is 2. The highest BCUT2D eigenvalue weighted by Crippen LogP contribution is 2.40. The summed E-state index contributed by atoms with van der Waals surface area (Å²) in [6, 6.07) is 22.7. The molecular formula is C29H22F3N5O3. The van der Waals surface area contributed by atoms with Crippen LogP contribution in [0.15, 0.2) is 84.9 Å². The lowest BCUT2D eigenvalue weighted by atomic mass is 9.97. The van der Waals surface area contributed by atoms with Gasteiger partial charge in [-0.3, -0.25) is 14.5 Å². The lowest BCUT2D eigenvalue weighted by molar-refractivity contribution is -0.169. The molecule has 0 saturated carbocycles. The number of phenols is 1. The van der Waals surface area contributed by atoms with E-state index < -0.39 is 23.6 Å². The summed E-state index contributed by atoms with van der Waals surface area (Å²) in [6.07, 6.45) is -4.80. The highest BCUT2D eigenvalue weighted by molar-refractivity contribution is 6.05. The number of hydrogen-bond acceptors (Lipinski definition) is 7. The second-order valence-electron chi connectivity index (χ2n) is 8.96. The quantitative estimate of drug-likeness (QED) is 0.206. The molecule has 0 unspecified atom stereocenters. The molecule has 0 aliphatic rings. The van der Waals surface area contributed by atoms with Gasteiger partial charge in [0.2, 0.25) is 0 Å². The van der Waals surface area contributed by atoms with Crippen molar-refractivity contribution in [2.45, 2.75) is 18.8 Å². The summed E-state index contributed by atoms with van der Waals surface area (Å²) in [4.78, 5) is 28.8. The summed E-state index contributed by atoms with van der Waals surface area (Å²) in [6.45, 7) is 1.44. The Morgan fingerprint density at radius 2 is 1.70 bits per heavy atom. The number of benzene rings is 3. The molecule has 0 aliphatic heterocycles. The van der Waals surface area contributed by atoms with Crippen LogP contribution in [0.5, 0.6) is 5.75 Å². The van der Waals surface area contributed by atoms with Crippen molar-refractivity contribution in [2.75, 3.05) is 10.2 Å². The molecule has 4 aromatic rings. The molecule has 8 nitrogen and oxygen atoms in total. The number of aromatic nitrogens is 1. The number of phenolic OH excluding ortho intramolecular Hbond substituents is 1. The van der Waals surface area contributed by atoms with Crippen molar-refractivity contribution in [3.05, 3.63) is 90.5 Å². The lowest BCUT2D eigenvalue weighted by Gasteiger charge is -2.26. The number of anilines is 3. The second kappa shape index (κ2) is 10.9. The first-order valence-electron chi connectivity index (χ1n) is 11.8. The average molecular weight is 546 g/mol. The molecule has 40 heavy (non-hydrogen) atoms. The number of pyridine rings is 1. The third-order valence-corrected chi connectivity index (χ3v) is 5.80. The van der Waals surface area contributed by atoms with E-state index in [2.05, 4.69) is 10.3 Å². The maximum absolute atomic E-state index is 13.9. The lowest BCUT2D eigenvalue weighted by Crippen LogP contribution is -2.46. The van der Waals surface area contributed by atoms with Gasteiger partial charge in [0.15, 0.2) is 12.1 Å². The summed E-state index contributed by atoms with van der Waals surface area (Å²) < 4.78 is 41.6. The molecular weight excluding hydrogens is 523 g/mol. The Labute approximate surface area is 227 Å². The highest BCUT2D eigenvalue weighted by Gasteiger charge is 2.45. The molecule has 0 saturated heterocycles. The van der Waals surface area contributed by atoms with Crippen LogP contribution in [0, 0.1) is 11.3 Å². The molecule has 202 valence electrons. The second-order valence-corrected chi connectivity index (χ2v) is 8.96. The summed E-state index contributed by atoms with van der Waals surface area (Å²) in [5, 5.41) is 23.6. The van der Waals surface area contributed by atoms with Gasteiger partial charge in [-0.05, 0) is 55.0 Å². The number of rotatable bonds is 7. The van der Waals surface area contributed by atoms with Crippen LogP contribution in [0.4, 0.5) is 30.4 Å². The van der Waals surface area contributed by atoms with Crippen molar-refractivity contribution in [3.8, 4) is 34.2 Å². The van der Waals surface area contributed by atoms with Crippen molar-refractivity contribution >= 4 is 29.4 Å². The van der Waals surface area contributed by atoms with E-state index in [1.165, 1.54) is 49.4 Å². The van der Waals surface area contributed by atoms with E-state index in [9.17, 15) is 33.1 Å². The molecule has 11 heteroatoms. The fraction of sp³-hybridized carbons (Fsp3) is 0.103. The van der Waals surface area contributed by atoms with Crippen molar-refractivity contribution < 1.29 is 27.9 Å². The van der Waals surface area contributed by atoms with E-state index in [4.69, 9.17) is 5.73 Å². The average Bonchev–Trinajstić information content (AvgIpc) is 2.93. The molecule has 1 atom stereocenters. The minimum atomic E-state index is -5.31. The fourth-order valence-electron chi connectivity index (χ4n) is 4.00. The van der Waals surface area contributed by atoms with E-state index in [0.717, 1.165) is 0 Å².